The van der Waals surface area contributed by atoms with Crippen LogP contribution in [0.1, 0.15) is 0 Å². The van der Waals surface area contributed by atoms with E-state index in [2.05, 4.69) is 35.0 Å². The smallest absolute Gasteiger partial charge is 0.138 e. The average Bonchev–Trinajstić information content (AvgIpc) is 3.52. The van der Waals surface area contributed by atoms with Crippen molar-refractivity contribution >= 4 is 21.8 Å². The molecule has 6 aromatic rings. The van der Waals surface area contributed by atoms with E-state index in [1.165, 1.54) is 6.07 Å². The van der Waals surface area contributed by atoms with Gasteiger partial charge in [0.2, 0.25) is 0 Å². The van der Waals surface area contributed by atoms with E-state index in [4.69, 9.17) is 4.74 Å². The van der Waals surface area contributed by atoms with Crippen molar-refractivity contribution in [1.29, 1.82) is 0 Å². The second-order valence-electron chi connectivity index (χ2n) is 9.03. The number of nitrogens with one attached hydrogen (secondary N) is 2. The van der Waals surface area contributed by atoms with Gasteiger partial charge in [-0.2, -0.15) is 5.10 Å². The first-order valence-corrected chi connectivity index (χ1v) is 11.9. The summed E-state index contributed by atoms with van der Waals surface area (Å²) in [6.45, 7) is 1.38. The summed E-state index contributed by atoms with van der Waals surface area (Å²) in [5, 5.41) is 9.33. The highest BCUT2D eigenvalue weighted by molar-refractivity contribution is 6.00. The van der Waals surface area contributed by atoms with Gasteiger partial charge in [-0.05, 0) is 50.5 Å². The summed E-state index contributed by atoms with van der Waals surface area (Å²) < 4.78 is 20.4. The zero-order chi connectivity index (χ0) is 25.4. The minimum absolute atomic E-state index is 0.312. The molecule has 0 saturated heterocycles. The van der Waals surface area contributed by atoms with Crippen molar-refractivity contribution in [1.82, 2.24) is 35.0 Å². The molecule has 0 fully saturated rings. The normalized spacial score (nSPS) is 11.6. The largest absolute Gasteiger partial charge is 0.491 e. The molecule has 0 radical (unpaired) electrons. The molecule has 0 spiro atoms. The van der Waals surface area contributed by atoms with Crippen molar-refractivity contribution in [3.05, 3.63) is 79.1 Å². The lowest BCUT2D eigenvalue weighted by Gasteiger charge is -2.11. The molecule has 5 aromatic heterocycles. The molecule has 5 heterocycles. The second kappa shape index (κ2) is 9.44. The second-order valence-corrected chi connectivity index (χ2v) is 9.03. The molecule has 0 saturated carbocycles. The van der Waals surface area contributed by atoms with Gasteiger partial charge < -0.3 is 14.6 Å². The Balaban J connectivity index is 1.39. The van der Waals surface area contributed by atoms with E-state index < -0.39 is 0 Å². The lowest BCUT2D eigenvalue weighted by atomic mass is 10.1. The number of aromatic amines is 2. The quantitative estimate of drug-likeness (QED) is 0.313. The number of halogens is 1. The fourth-order valence-corrected chi connectivity index (χ4v) is 4.31. The molecule has 184 valence electrons. The van der Waals surface area contributed by atoms with E-state index in [1.54, 1.807) is 43.0 Å². The van der Waals surface area contributed by atoms with Crippen LogP contribution < -0.4 is 4.74 Å². The standard InChI is InChI=1S/C28H24FN7O/c1-36(2)9-10-37-18-11-17(14-30-15-18)24-12-21-26(16-32-24)34-35-28(21)25-13-20-23(33-25)7-8-31-27(20)19-5-3-4-6-22(19)29/h3-8,11-16,33H,9-10H2,1-2H3,(H,34,35). The minimum atomic E-state index is -0.312. The van der Waals surface area contributed by atoms with Crippen molar-refractivity contribution in [2.24, 2.45) is 0 Å². The maximum Gasteiger partial charge on any atom is 0.138 e. The Hall–Kier alpha value is -4.63. The topological polar surface area (TPSA) is 95.6 Å². The van der Waals surface area contributed by atoms with E-state index >= 15 is 0 Å². The van der Waals surface area contributed by atoms with Gasteiger partial charge in [0.25, 0.3) is 0 Å². The molecule has 37 heavy (non-hydrogen) atoms. The van der Waals surface area contributed by atoms with E-state index in [1.807, 2.05) is 38.4 Å². The Labute approximate surface area is 212 Å². The molecule has 0 unspecified atom stereocenters. The highest BCUT2D eigenvalue weighted by Crippen LogP contribution is 2.34. The number of nitrogens with zero attached hydrogens (tertiary/aromatic N) is 5. The third-order valence-electron chi connectivity index (χ3n) is 6.20. The van der Waals surface area contributed by atoms with Crippen LogP contribution in [0.15, 0.2) is 73.3 Å². The molecule has 0 atom stereocenters. The molecular weight excluding hydrogens is 469 g/mol. The van der Waals surface area contributed by atoms with Crippen LogP contribution in [0.25, 0.3) is 55.7 Å². The van der Waals surface area contributed by atoms with Gasteiger partial charge in [0.05, 0.1) is 35.0 Å². The van der Waals surface area contributed by atoms with E-state index in [0.717, 1.165) is 51.0 Å². The van der Waals surface area contributed by atoms with Crippen molar-refractivity contribution < 1.29 is 9.13 Å². The molecule has 0 amide bonds. The number of ether oxygens (including phenoxy) is 1. The SMILES string of the molecule is CN(C)CCOc1cncc(-c2cc3c(-c4cc5c(-c6ccccc6F)nccc5[nH]4)n[nH]c3cn2)c1. The highest BCUT2D eigenvalue weighted by atomic mass is 19.1. The van der Waals surface area contributed by atoms with Gasteiger partial charge >= 0.3 is 0 Å². The summed E-state index contributed by atoms with van der Waals surface area (Å²) in [6.07, 6.45) is 6.90. The zero-order valence-electron chi connectivity index (χ0n) is 20.4. The van der Waals surface area contributed by atoms with Crippen molar-refractivity contribution in [2.45, 2.75) is 0 Å². The molecule has 9 heteroatoms. The van der Waals surface area contributed by atoms with Gasteiger partial charge in [0, 0.05) is 46.4 Å². The third kappa shape index (κ3) is 4.41. The number of pyridine rings is 3. The van der Waals surface area contributed by atoms with Crippen LogP contribution in [0.2, 0.25) is 0 Å². The molecule has 0 aliphatic rings. The van der Waals surface area contributed by atoms with Gasteiger partial charge in [0.1, 0.15) is 23.9 Å². The molecule has 0 aliphatic carbocycles. The van der Waals surface area contributed by atoms with Gasteiger partial charge in [-0.1, -0.05) is 12.1 Å². The summed E-state index contributed by atoms with van der Waals surface area (Å²) >= 11 is 0. The Morgan fingerprint density at radius 3 is 2.65 bits per heavy atom. The van der Waals surface area contributed by atoms with Crippen LogP contribution in [0, 0.1) is 5.82 Å². The molecule has 0 aliphatic heterocycles. The van der Waals surface area contributed by atoms with Crippen LogP contribution in [0.3, 0.4) is 0 Å². The summed E-state index contributed by atoms with van der Waals surface area (Å²) in [7, 11) is 4.01. The fraction of sp³-hybridized carbons (Fsp3) is 0.143. The molecule has 1 aromatic carbocycles. The number of H-pyrrole nitrogens is 2. The third-order valence-corrected chi connectivity index (χ3v) is 6.20. The fourth-order valence-electron chi connectivity index (χ4n) is 4.31. The Kier molecular flexibility index (Phi) is 5.82. The lowest BCUT2D eigenvalue weighted by molar-refractivity contribution is 0.261. The van der Waals surface area contributed by atoms with Crippen molar-refractivity contribution in [3.8, 4) is 39.7 Å². The Morgan fingerprint density at radius 2 is 1.78 bits per heavy atom. The monoisotopic (exact) mass is 493 g/mol. The van der Waals surface area contributed by atoms with Crippen LogP contribution in [-0.4, -0.2) is 62.3 Å². The molecule has 0 bridgehead atoms. The number of fused-ring (bicyclic) bond motifs is 2. The first-order chi connectivity index (χ1) is 18.1. The lowest BCUT2D eigenvalue weighted by Crippen LogP contribution is -2.19. The maximum atomic E-state index is 14.5. The molecule has 2 N–H and O–H groups in total. The first-order valence-electron chi connectivity index (χ1n) is 11.9. The van der Waals surface area contributed by atoms with Crippen molar-refractivity contribution in [2.75, 3.05) is 27.2 Å². The van der Waals surface area contributed by atoms with Crippen LogP contribution in [-0.2, 0) is 0 Å². The summed E-state index contributed by atoms with van der Waals surface area (Å²) in [6, 6.07) is 14.4. The number of benzene rings is 1. The number of hydrogen-bond acceptors (Lipinski definition) is 6. The van der Waals surface area contributed by atoms with E-state index in [9.17, 15) is 4.39 Å². The van der Waals surface area contributed by atoms with Gasteiger partial charge in [-0.25, -0.2) is 4.39 Å². The molecular formula is C28H24FN7O. The summed E-state index contributed by atoms with van der Waals surface area (Å²) in [5.74, 6) is 0.380. The van der Waals surface area contributed by atoms with Crippen molar-refractivity contribution in [3.63, 3.8) is 0 Å². The predicted octanol–water partition coefficient (Wildman–Crippen LogP) is 5.31. The minimum Gasteiger partial charge on any atom is -0.491 e. The number of aromatic nitrogens is 6. The van der Waals surface area contributed by atoms with E-state index in [-0.39, 0.29) is 5.82 Å². The average molecular weight is 494 g/mol. The summed E-state index contributed by atoms with van der Waals surface area (Å²) in [5.41, 5.74) is 5.82. The number of rotatable bonds is 7. The molecule has 8 nitrogen and oxygen atoms in total. The Morgan fingerprint density at radius 1 is 0.919 bits per heavy atom. The Bertz CT molecular complexity index is 1720. The van der Waals surface area contributed by atoms with Gasteiger partial charge in [-0.15, -0.1) is 0 Å². The van der Waals surface area contributed by atoms with Gasteiger partial charge in [-0.3, -0.25) is 20.1 Å². The number of hydrogen-bond donors (Lipinski definition) is 2. The summed E-state index contributed by atoms with van der Waals surface area (Å²) in [4.78, 5) is 18.9. The van der Waals surface area contributed by atoms with Crippen LogP contribution in [0.4, 0.5) is 4.39 Å². The predicted molar refractivity (Wildman–Crippen MR) is 142 cm³/mol. The van der Waals surface area contributed by atoms with Crippen LogP contribution in [0.5, 0.6) is 5.75 Å². The first kappa shape index (κ1) is 22.8. The molecule has 6 rings (SSSR count). The number of likely N-dealkylation sites (N-methyl/N-ethyl adjacent to an activating group) is 1. The maximum absolute atomic E-state index is 14.5. The highest BCUT2D eigenvalue weighted by Gasteiger charge is 2.17. The van der Waals surface area contributed by atoms with E-state index in [0.29, 0.717) is 23.6 Å². The van der Waals surface area contributed by atoms with Gasteiger partial charge in [0.15, 0.2) is 0 Å². The zero-order valence-corrected chi connectivity index (χ0v) is 20.4. The van der Waals surface area contributed by atoms with Crippen LogP contribution >= 0.6 is 0 Å².